The number of nitrogens with one attached hydrogen (secondary N) is 1. The first-order valence-electron chi connectivity index (χ1n) is 9.63. The fourth-order valence-corrected chi connectivity index (χ4v) is 3.87. The molecule has 0 bridgehead atoms. The molecule has 2 N–H and O–H groups in total. The molecule has 0 aliphatic carbocycles. The van der Waals surface area contributed by atoms with Crippen LogP contribution in [0.25, 0.3) is 10.9 Å². The molecule has 0 aliphatic heterocycles. The Morgan fingerprint density at radius 1 is 0.969 bits per heavy atom. The highest BCUT2D eigenvalue weighted by atomic mass is 35.5. The maximum absolute atomic E-state index is 11.4. The van der Waals surface area contributed by atoms with Crippen molar-refractivity contribution >= 4 is 63.0 Å². The van der Waals surface area contributed by atoms with Gasteiger partial charge in [-0.2, -0.15) is 0 Å². The number of aromatic nitrogens is 1. The molecule has 0 saturated heterocycles. The number of carboxylic acids is 1. The summed E-state index contributed by atoms with van der Waals surface area (Å²) >= 11 is 18.5. The van der Waals surface area contributed by atoms with Crippen LogP contribution in [0.2, 0.25) is 15.1 Å². The summed E-state index contributed by atoms with van der Waals surface area (Å²) in [7, 11) is 0. The first-order valence-corrected chi connectivity index (χ1v) is 10.8. The lowest BCUT2D eigenvalue weighted by atomic mass is 10.1. The molecular formula is C24H17Cl3N2O3. The lowest BCUT2D eigenvalue weighted by Gasteiger charge is -2.15. The van der Waals surface area contributed by atoms with E-state index in [1.54, 1.807) is 42.5 Å². The van der Waals surface area contributed by atoms with E-state index in [0.29, 0.717) is 37.8 Å². The quantitative estimate of drug-likeness (QED) is 0.290. The van der Waals surface area contributed by atoms with E-state index in [0.717, 1.165) is 16.6 Å². The van der Waals surface area contributed by atoms with Gasteiger partial charge in [0.25, 0.3) is 0 Å². The SMILES string of the molecule is O=C(O)Cc1cc(OCc2ccc3ccc(Cl)cc3n2)ccc1Nc1c(Cl)cccc1Cl. The molecular weight excluding hydrogens is 471 g/mol. The van der Waals surface area contributed by atoms with E-state index in [2.05, 4.69) is 10.3 Å². The zero-order valence-electron chi connectivity index (χ0n) is 16.6. The van der Waals surface area contributed by atoms with Crippen LogP contribution in [0.4, 0.5) is 11.4 Å². The Morgan fingerprint density at radius 2 is 1.72 bits per heavy atom. The molecule has 0 saturated carbocycles. The summed E-state index contributed by atoms with van der Waals surface area (Å²) in [5, 5.41) is 14.9. The highest BCUT2D eigenvalue weighted by Crippen LogP contribution is 2.35. The topological polar surface area (TPSA) is 71.5 Å². The number of nitrogens with zero attached hydrogens (tertiary/aromatic N) is 1. The van der Waals surface area contributed by atoms with Crippen LogP contribution < -0.4 is 10.1 Å². The number of benzene rings is 3. The van der Waals surface area contributed by atoms with Gasteiger partial charge in [-0.05, 0) is 54.1 Å². The van der Waals surface area contributed by atoms with E-state index < -0.39 is 5.97 Å². The molecule has 8 heteroatoms. The number of aliphatic carboxylic acids is 1. The maximum atomic E-state index is 11.4. The monoisotopic (exact) mass is 486 g/mol. The number of ether oxygens (including phenoxy) is 1. The third-order valence-electron chi connectivity index (χ3n) is 4.74. The molecule has 162 valence electrons. The molecule has 5 nitrogen and oxygen atoms in total. The molecule has 0 radical (unpaired) electrons. The van der Waals surface area contributed by atoms with Crippen LogP contribution in [-0.2, 0) is 17.8 Å². The summed E-state index contributed by atoms with van der Waals surface area (Å²) in [5.74, 6) is -0.450. The second-order valence-electron chi connectivity index (χ2n) is 7.04. The number of anilines is 2. The second kappa shape index (κ2) is 9.65. The molecule has 1 heterocycles. The van der Waals surface area contributed by atoms with Crippen LogP contribution in [0.15, 0.2) is 66.7 Å². The molecule has 4 aromatic rings. The summed E-state index contributed by atoms with van der Waals surface area (Å²) < 4.78 is 5.88. The van der Waals surface area contributed by atoms with Gasteiger partial charge in [0.15, 0.2) is 0 Å². The number of hydrogen-bond donors (Lipinski definition) is 2. The van der Waals surface area contributed by atoms with Crippen molar-refractivity contribution in [3.63, 3.8) is 0 Å². The van der Waals surface area contributed by atoms with Crippen LogP contribution in [0.5, 0.6) is 5.75 Å². The number of pyridine rings is 1. The molecule has 0 unspecified atom stereocenters. The number of hydrogen-bond acceptors (Lipinski definition) is 4. The molecule has 0 aliphatic rings. The van der Waals surface area contributed by atoms with E-state index in [-0.39, 0.29) is 13.0 Å². The molecule has 0 amide bonds. The van der Waals surface area contributed by atoms with Crippen LogP contribution >= 0.6 is 34.8 Å². The van der Waals surface area contributed by atoms with Gasteiger partial charge in [0, 0.05) is 16.1 Å². The zero-order chi connectivity index (χ0) is 22.7. The van der Waals surface area contributed by atoms with Crippen LogP contribution in [0.3, 0.4) is 0 Å². The third kappa shape index (κ3) is 5.25. The molecule has 3 aromatic carbocycles. The number of rotatable bonds is 7. The summed E-state index contributed by atoms with van der Waals surface area (Å²) in [4.78, 5) is 16.0. The average Bonchev–Trinajstić information content (AvgIpc) is 2.75. The van der Waals surface area contributed by atoms with E-state index in [1.807, 2.05) is 24.3 Å². The summed E-state index contributed by atoms with van der Waals surface area (Å²) in [6.45, 7) is 0.220. The minimum atomic E-state index is -0.969. The van der Waals surface area contributed by atoms with Crippen molar-refractivity contribution in [2.24, 2.45) is 0 Å². The number of carbonyl (C=O) groups is 1. The number of fused-ring (bicyclic) bond motifs is 1. The Labute approximate surface area is 199 Å². The largest absolute Gasteiger partial charge is 0.487 e. The van der Waals surface area contributed by atoms with Crippen LogP contribution in [-0.4, -0.2) is 16.1 Å². The lowest BCUT2D eigenvalue weighted by Crippen LogP contribution is -2.05. The Kier molecular flexibility index (Phi) is 6.70. The fraction of sp³-hybridized carbons (Fsp3) is 0.0833. The minimum absolute atomic E-state index is 0.200. The summed E-state index contributed by atoms with van der Waals surface area (Å²) in [6, 6.07) is 19.7. The van der Waals surface area contributed by atoms with E-state index >= 15 is 0 Å². The summed E-state index contributed by atoms with van der Waals surface area (Å²) in [5.41, 5.74) is 3.12. The number of para-hydroxylation sites is 1. The van der Waals surface area contributed by atoms with Gasteiger partial charge >= 0.3 is 5.97 Å². The molecule has 0 fully saturated rings. The van der Waals surface area contributed by atoms with Crippen LogP contribution in [0.1, 0.15) is 11.3 Å². The normalized spacial score (nSPS) is 10.8. The number of carboxylic acid groups (broad SMARTS) is 1. The highest BCUT2D eigenvalue weighted by Gasteiger charge is 2.13. The van der Waals surface area contributed by atoms with Crippen molar-refractivity contribution in [2.75, 3.05) is 5.32 Å². The average molecular weight is 488 g/mol. The van der Waals surface area contributed by atoms with E-state index in [1.165, 1.54) is 0 Å². The predicted octanol–water partition coefficient (Wildman–Crippen LogP) is 7.14. The van der Waals surface area contributed by atoms with Gasteiger partial charge in [-0.25, -0.2) is 4.98 Å². The van der Waals surface area contributed by atoms with Gasteiger partial charge in [0.05, 0.1) is 33.4 Å². The van der Waals surface area contributed by atoms with Crippen molar-refractivity contribution in [2.45, 2.75) is 13.0 Å². The minimum Gasteiger partial charge on any atom is -0.487 e. The van der Waals surface area contributed by atoms with Gasteiger partial charge in [0.1, 0.15) is 12.4 Å². The van der Waals surface area contributed by atoms with Gasteiger partial charge < -0.3 is 15.2 Å². The Morgan fingerprint density at radius 3 is 2.47 bits per heavy atom. The fourth-order valence-electron chi connectivity index (χ4n) is 3.21. The van der Waals surface area contributed by atoms with Crippen molar-refractivity contribution in [3.05, 3.63) is 93.1 Å². The third-order valence-corrected chi connectivity index (χ3v) is 5.60. The Bertz CT molecular complexity index is 1290. The first-order chi connectivity index (χ1) is 15.4. The summed E-state index contributed by atoms with van der Waals surface area (Å²) in [6.07, 6.45) is -0.200. The van der Waals surface area contributed by atoms with Crippen molar-refractivity contribution in [3.8, 4) is 5.75 Å². The predicted molar refractivity (Wildman–Crippen MR) is 129 cm³/mol. The molecule has 32 heavy (non-hydrogen) atoms. The maximum Gasteiger partial charge on any atom is 0.307 e. The van der Waals surface area contributed by atoms with Gasteiger partial charge in [-0.15, -0.1) is 0 Å². The van der Waals surface area contributed by atoms with Gasteiger partial charge in [-0.1, -0.05) is 53.0 Å². The number of halogens is 3. The molecule has 0 atom stereocenters. The van der Waals surface area contributed by atoms with Gasteiger partial charge in [-0.3, -0.25) is 4.79 Å². The zero-order valence-corrected chi connectivity index (χ0v) is 18.9. The highest BCUT2D eigenvalue weighted by molar-refractivity contribution is 6.39. The standard InChI is InChI=1S/C24H17Cl3N2O3/c25-16-6-4-14-5-7-17(28-22(14)12-16)13-32-18-8-9-21(15(10-18)11-23(30)31)29-24-19(26)2-1-3-20(24)27/h1-10,12,29H,11,13H2,(H,30,31). The molecule has 1 aromatic heterocycles. The van der Waals surface area contributed by atoms with Crippen LogP contribution in [0, 0.1) is 0 Å². The first kappa shape index (κ1) is 22.2. The van der Waals surface area contributed by atoms with Crippen molar-refractivity contribution in [1.29, 1.82) is 0 Å². The van der Waals surface area contributed by atoms with E-state index in [9.17, 15) is 9.90 Å². The van der Waals surface area contributed by atoms with E-state index in [4.69, 9.17) is 39.5 Å². The lowest BCUT2D eigenvalue weighted by molar-refractivity contribution is -0.136. The van der Waals surface area contributed by atoms with Crippen molar-refractivity contribution in [1.82, 2.24) is 4.98 Å². The molecule has 0 spiro atoms. The molecule has 4 rings (SSSR count). The smallest absolute Gasteiger partial charge is 0.307 e. The van der Waals surface area contributed by atoms with Crippen molar-refractivity contribution < 1.29 is 14.6 Å². The second-order valence-corrected chi connectivity index (χ2v) is 8.29. The Hall–Kier alpha value is -2.99. The Balaban J connectivity index is 1.56. The van der Waals surface area contributed by atoms with Gasteiger partial charge in [0.2, 0.25) is 0 Å².